The topological polar surface area (TPSA) is 141 Å². The molecule has 180 valence electrons. The summed E-state index contributed by atoms with van der Waals surface area (Å²) >= 11 is 0. The standard InChI is InChI=1S/C24H31N7O3/c1-5-34-18-10-20-23(21(11-18)33-4)24(28-14-27-20)30-17-8-6-16(7-9-17)29-22(32)13-31(26)12-19(25)15(2)3/h6-12,14-15H,5,13,25-26H2,1-4H3,(H,29,32)(H,27,28,30)/b19-12-. The third-order valence-corrected chi connectivity index (χ3v) is 4.95. The fraction of sp³-hybridized carbons (Fsp3) is 0.292. The van der Waals surface area contributed by atoms with Crippen molar-refractivity contribution in [2.24, 2.45) is 17.5 Å². The summed E-state index contributed by atoms with van der Waals surface area (Å²) in [6, 6.07) is 10.9. The Kier molecular flexibility index (Phi) is 8.10. The van der Waals surface area contributed by atoms with Gasteiger partial charge in [-0.15, -0.1) is 0 Å². The van der Waals surface area contributed by atoms with E-state index in [0.29, 0.717) is 40.8 Å². The van der Waals surface area contributed by atoms with Crippen LogP contribution in [0, 0.1) is 5.92 Å². The number of nitrogens with zero attached hydrogens (tertiary/aromatic N) is 3. The first-order valence-corrected chi connectivity index (χ1v) is 10.9. The van der Waals surface area contributed by atoms with Crippen molar-refractivity contribution in [2.75, 3.05) is 30.9 Å². The van der Waals surface area contributed by atoms with Crippen LogP contribution in [0.4, 0.5) is 17.2 Å². The molecule has 3 aromatic rings. The highest BCUT2D eigenvalue weighted by Gasteiger charge is 2.13. The highest BCUT2D eigenvalue weighted by molar-refractivity contribution is 5.97. The minimum Gasteiger partial charge on any atom is -0.496 e. The molecule has 3 rings (SSSR count). The summed E-state index contributed by atoms with van der Waals surface area (Å²) < 4.78 is 11.1. The molecule has 0 saturated carbocycles. The van der Waals surface area contributed by atoms with Gasteiger partial charge < -0.3 is 30.8 Å². The van der Waals surface area contributed by atoms with Gasteiger partial charge in [0.15, 0.2) is 0 Å². The van der Waals surface area contributed by atoms with Gasteiger partial charge >= 0.3 is 0 Å². The van der Waals surface area contributed by atoms with Crippen molar-refractivity contribution >= 4 is 34.0 Å². The fourth-order valence-electron chi connectivity index (χ4n) is 3.16. The Bertz CT molecular complexity index is 1160. The van der Waals surface area contributed by atoms with Crippen molar-refractivity contribution in [3.8, 4) is 11.5 Å². The van der Waals surface area contributed by atoms with Crippen LogP contribution in [-0.2, 0) is 4.79 Å². The number of aromatic nitrogens is 2. The van der Waals surface area contributed by atoms with Gasteiger partial charge in [0.25, 0.3) is 0 Å². The number of benzene rings is 2. The van der Waals surface area contributed by atoms with Crippen LogP contribution in [0.15, 0.2) is 54.6 Å². The van der Waals surface area contributed by atoms with Crippen molar-refractivity contribution in [1.82, 2.24) is 15.0 Å². The molecule has 2 aromatic carbocycles. The molecule has 1 aromatic heterocycles. The molecular weight excluding hydrogens is 434 g/mol. The second-order valence-electron chi connectivity index (χ2n) is 7.88. The van der Waals surface area contributed by atoms with E-state index in [2.05, 4.69) is 20.6 Å². The lowest BCUT2D eigenvalue weighted by atomic mass is 10.1. The van der Waals surface area contributed by atoms with Crippen molar-refractivity contribution in [3.05, 3.63) is 54.6 Å². The molecular formula is C24H31N7O3. The van der Waals surface area contributed by atoms with Crippen molar-refractivity contribution in [1.29, 1.82) is 0 Å². The summed E-state index contributed by atoms with van der Waals surface area (Å²) in [7, 11) is 1.59. The van der Waals surface area contributed by atoms with E-state index in [1.807, 2.05) is 45.0 Å². The number of ether oxygens (including phenoxy) is 2. The molecule has 10 heteroatoms. The summed E-state index contributed by atoms with van der Waals surface area (Å²) in [5, 5.41) is 8.11. The van der Waals surface area contributed by atoms with E-state index in [0.717, 1.165) is 11.1 Å². The normalized spacial score (nSPS) is 11.4. The van der Waals surface area contributed by atoms with Crippen molar-refractivity contribution in [3.63, 3.8) is 0 Å². The molecule has 1 heterocycles. The summed E-state index contributed by atoms with van der Waals surface area (Å²) in [4.78, 5) is 21.0. The Labute approximate surface area is 198 Å². The van der Waals surface area contributed by atoms with Crippen LogP contribution < -0.4 is 31.7 Å². The van der Waals surface area contributed by atoms with Gasteiger partial charge in [-0.2, -0.15) is 0 Å². The van der Waals surface area contributed by atoms with Crippen LogP contribution in [0.25, 0.3) is 10.9 Å². The van der Waals surface area contributed by atoms with Gasteiger partial charge in [0.1, 0.15) is 30.2 Å². The molecule has 0 aliphatic rings. The van der Waals surface area contributed by atoms with Crippen molar-refractivity contribution < 1.29 is 14.3 Å². The molecule has 0 atom stereocenters. The van der Waals surface area contributed by atoms with Gasteiger partial charge in [-0.1, -0.05) is 13.8 Å². The molecule has 0 radical (unpaired) electrons. The third-order valence-electron chi connectivity index (χ3n) is 4.95. The average Bonchev–Trinajstić information content (AvgIpc) is 2.79. The Hall–Kier alpha value is -4.05. The Morgan fingerprint density at radius 3 is 2.53 bits per heavy atom. The molecule has 6 N–H and O–H groups in total. The van der Waals surface area contributed by atoms with Crippen LogP contribution in [0.5, 0.6) is 11.5 Å². The minimum atomic E-state index is -0.257. The predicted octanol–water partition coefficient (Wildman–Crippen LogP) is 3.35. The minimum absolute atomic E-state index is 0.0239. The van der Waals surface area contributed by atoms with E-state index < -0.39 is 0 Å². The van der Waals surface area contributed by atoms with E-state index in [-0.39, 0.29) is 18.4 Å². The number of nitrogens with two attached hydrogens (primary N) is 2. The van der Waals surface area contributed by atoms with Gasteiger partial charge in [0, 0.05) is 35.4 Å². The largest absolute Gasteiger partial charge is 0.496 e. The van der Waals surface area contributed by atoms with Gasteiger partial charge in [-0.05, 0) is 37.1 Å². The van der Waals surface area contributed by atoms with Crippen LogP contribution >= 0.6 is 0 Å². The number of amides is 1. The molecule has 0 aliphatic heterocycles. The van der Waals surface area contributed by atoms with E-state index in [1.165, 1.54) is 11.3 Å². The number of fused-ring (bicyclic) bond motifs is 1. The zero-order valence-corrected chi connectivity index (χ0v) is 19.8. The zero-order valence-electron chi connectivity index (χ0n) is 19.8. The van der Waals surface area contributed by atoms with E-state index >= 15 is 0 Å². The maximum atomic E-state index is 12.3. The number of allylic oxidation sites excluding steroid dienone is 1. The molecule has 0 spiro atoms. The van der Waals surface area contributed by atoms with Crippen LogP contribution in [-0.4, -0.2) is 41.1 Å². The highest BCUT2D eigenvalue weighted by Crippen LogP contribution is 2.35. The summed E-state index contributed by atoms with van der Waals surface area (Å²) in [6.07, 6.45) is 3.04. The average molecular weight is 466 g/mol. The molecule has 0 unspecified atom stereocenters. The van der Waals surface area contributed by atoms with Gasteiger partial charge in [-0.25, -0.2) is 15.8 Å². The van der Waals surface area contributed by atoms with Crippen LogP contribution in [0.2, 0.25) is 0 Å². The number of nitrogens with one attached hydrogen (secondary N) is 2. The number of rotatable bonds is 10. The summed E-state index contributed by atoms with van der Waals surface area (Å²) in [6.45, 7) is 6.34. The lowest BCUT2D eigenvalue weighted by Gasteiger charge is -2.16. The first-order valence-electron chi connectivity index (χ1n) is 10.9. The number of hydrazine groups is 1. The molecule has 0 bridgehead atoms. The van der Waals surface area contributed by atoms with Gasteiger partial charge in [0.2, 0.25) is 5.91 Å². The maximum absolute atomic E-state index is 12.3. The smallest absolute Gasteiger partial charge is 0.245 e. The SMILES string of the molecule is CCOc1cc(OC)c2c(Nc3ccc(NC(=O)CN(N)/C=C(\N)C(C)C)cc3)ncnc2c1. The molecule has 0 saturated heterocycles. The highest BCUT2D eigenvalue weighted by atomic mass is 16.5. The first kappa shape index (κ1) is 24.6. The number of anilines is 3. The molecule has 1 amide bonds. The molecule has 0 aliphatic carbocycles. The lowest BCUT2D eigenvalue weighted by molar-refractivity contribution is -0.116. The quantitative estimate of drug-likeness (QED) is 0.262. The summed E-state index contributed by atoms with van der Waals surface area (Å²) in [5.74, 6) is 7.61. The Balaban J connectivity index is 1.71. The van der Waals surface area contributed by atoms with Crippen LogP contribution in [0.1, 0.15) is 20.8 Å². The van der Waals surface area contributed by atoms with Gasteiger partial charge in [-0.3, -0.25) is 4.79 Å². The number of hydrogen-bond donors (Lipinski definition) is 4. The van der Waals surface area contributed by atoms with E-state index in [4.69, 9.17) is 21.1 Å². The first-order chi connectivity index (χ1) is 16.3. The number of hydrogen-bond acceptors (Lipinski definition) is 9. The Morgan fingerprint density at radius 2 is 1.88 bits per heavy atom. The number of methoxy groups -OCH3 is 1. The predicted molar refractivity (Wildman–Crippen MR) is 134 cm³/mol. The molecule has 34 heavy (non-hydrogen) atoms. The van der Waals surface area contributed by atoms with E-state index in [1.54, 1.807) is 25.4 Å². The molecule has 0 fully saturated rings. The number of carbonyl (C=O) groups is 1. The second kappa shape index (κ2) is 11.2. The second-order valence-corrected chi connectivity index (χ2v) is 7.88. The monoisotopic (exact) mass is 465 g/mol. The van der Waals surface area contributed by atoms with Crippen molar-refractivity contribution in [2.45, 2.75) is 20.8 Å². The third kappa shape index (κ3) is 6.26. The molecule has 10 nitrogen and oxygen atoms in total. The fourth-order valence-corrected chi connectivity index (χ4v) is 3.16. The van der Waals surface area contributed by atoms with Gasteiger partial charge in [0.05, 0.1) is 24.6 Å². The van der Waals surface area contributed by atoms with Crippen LogP contribution in [0.3, 0.4) is 0 Å². The zero-order chi connectivity index (χ0) is 24.7. The lowest BCUT2D eigenvalue weighted by Crippen LogP contribution is -2.35. The number of carbonyl (C=O) groups excluding carboxylic acids is 1. The Morgan fingerprint density at radius 1 is 1.18 bits per heavy atom. The van der Waals surface area contributed by atoms with E-state index in [9.17, 15) is 4.79 Å². The summed E-state index contributed by atoms with van der Waals surface area (Å²) in [5.41, 5.74) is 8.59. The maximum Gasteiger partial charge on any atom is 0.245 e.